The van der Waals surface area contributed by atoms with E-state index in [1.807, 2.05) is 61.5 Å². The highest BCUT2D eigenvalue weighted by atomic mass is 16.5. The minimum absolute atomic E-state index is 0.136. The van der Waals surface area contributed by atoms with Crippen LogP contribution in [-0.4, -0.2) is 19.1 Å². The molecule has 2 unspecified atom stereocenters. The van der Waals surface area contributed by atoms with Gasteiger partial charge < -0.3 is 19.3 Å². The van der Waals surface area contributed by atoms with Gasteiger partial charge in [0.1, 0.15) is 18.4 Å². The maximum atomic E-state index is 14.1. The van der Waals surface area contributed by atoms with Gasteiger partial charge in [0.25, 0.3) is 0 Å². The number of rotatable bonds is 13. The van der Waals surface area contributed by atoms with Gasteiger partial charge in [-0.05, 0) is 143 Å². The Labute approximate surface area is 395 Å². The van der Waals surface area contributed by atoms with Crippen molar-refractivity contribution in [3.05, 3.63) is 252 Å². The van der Waals surface area contributed by atoms with Crippen molar-refractivity contribution < 1.29 is 14.3 Å². The predicted octanol–water partition coefficient (Wildman–Crippen LogP) is 15.3. The summed E-state index contributed by atoms with van der Waals surface area (Å²) in [6.07, 6.45) is 17.1. The summed E-state index contributed by atoms with van der Waals surface area (Å²) >= 11 is 0. The van der Waals surface area contributed by atoms with Crippen LogP contribution in [0.4, 0.5) is 17.1 Å². The lowest BCUT2D eigenvalue weighted by Gasteiger charge is -2.33. The normalized spacial score (nSPS) is 16.7. The van der Waals surface area contributed by atoms with Crippen LogP contribution in [0.25, 0.3) is 33.4 Å². The molecule has 67 heavy (non-hydrogen) atoms. The molecule has 1 heterocycles. The van der Waals surface area contributed by atoms with E-state index in [2.05, 4.69) is 174 Å². The van der Waals surface area contributed by atoms with Crippen LogP contribution in [0.2, 0.25) is 0 Å². The maximum absolute atomic E-state index is 14.1. The van der Waals surface area contributed by atoms with E-state index in [-0.39, 0.29) is 18.5 Å². The Bertz CT molecular complexity index is 3000. The number of allylic oxidation sites excluding steroid dienone is 9. The second kappa shape index (κ2) is 19.7. The molecule has 2 aliphatic carbocycles. The molecule has 0 spiro atoms. The highest BCUT2D eigenvalue weighted by Gasteiger charge is 2.43. The van der Waals surface area contributed by atoms with Crippen LogP contribution in [0, 0.1) is 0 Å². The first-order chi connectivity index (χ1) is 33.0. The number of nitrogens with zero attached hydrogens (tertiary/aromatic N) is 2. The van der Waals surface area contributed by atoms with Gasteiger partial charge in [-0.3, -0.25) is 0 Å². The molecular weight excluding hydrogens is 821 g/mol. The molecule has 0 N–H and O–H groups in total. The number of hydrogen-bond acceptors (Lipinski definition) is 5. The summed E-state index contributed by atoms with van der Waals surface area (Å²) in [6.45, 7) is 2.24. The third-order valence-electron chi connectivity index (χ3n) is 13.3. The van der Waals surface area contributed by atoms with E-state index >= 15 is 0 Å². The monoisotopic (exact) mass is 874 g/mol. The number of para-hydroxylation sites is 1. The fraction of sp³-hybridized carbons (Fsp3) is 0.145. The van der Waals surface area contributed by atoms with E-state index in [0.29, 0.717) is 0 Å². The second-order valence-electron chi connectivity index (χ2n) is 17.3. The van der Waals surface area contributed by atoms with Crippen LogP contribution >= 0.6 is 0 Å². The van der Waals surface area contributed by atoms with Gasteiger partial charge in [0.05, 0.1) is 7.11 Å². The van der Waals surface area contributed by atoms with E-state index in [1.54, 1.807) is 7.11 Å². The third-order valence-corrected chi connectivity index (χ3v) is 13.3. The highest BCUT2D eigenvalue weighted by Crippen LogP contribution is 2.47. The van der Waals surface area contributed by atoms with E-state index in [4.69, 9.17) is 9.47 Å². The molecule has 0 radical (unpaired) electrons. The molecule has 5 nitrogen and oxygen atoms in total. The lowest BCUT2D eigenvalue weighted by molar-refractivity contribution is -0.146. The van der Waals surface area contributed by atoms with E-state index in [9.17, 15) is 4.79 Å². The number of anilines is 3. The predicted molar refractivity (Wildman–Crippen MR) is 276 cm³/mol. The minimum atomic E-state index is -0.529. The van der Waals surface area contributed by atoms with Crippen LogP contribution < -0.4 is 14.5 Å². The average Bonchev–Trinajstić information content (AvgIpc) is 3.73. The van der Waals surface area contributed by atoms with Gasteiger partial charge in [-0.2, -0.15) is 0 Å². The van der Waals surface area contributed by atoms with Crippen LogP contribution in [0.5, 0.6) is 5.75 Å². The van der Waals surface area contributed by atoms with Gasteiger partial charge in [0.2, 0.25) is 0 Å². The third kappa shape index (κ3) is 9.19. The largest absolute Gasteiger partial charge is 0.497 e. The molecule has 0 aromatic heterocycles. The summed E-state index contributed by atoms with van der Waals surface area (Å²) in [5, 5.41) is 0. The first-order valence-electron chi connectivity index (χ1n) is 23.4. The Hall–Kier alpha value is -7.89. The molecule has 0 amide bonds. The number of fused-ring (bicyclic) bond motifs is 1. The van der Waals surface area contributed by atoms with Crippen molar-refractivity contribution >= 4 is 34.2 Å². The van der Waals surface area contributed by atoms with Crippen molar-refractivity contribution in [2.75, 3.05) is 16.9 Å². The molecule has 10 rings (SSSR count). The summed E-state index contributed by atoms with van der Waals surface area (Å²) in [7, 11) is 1.70. The van der Waals surface area contributed by atoms with E-state index < -0.39 is 6.04 Å². The number of carbonyl (C=O) groups is 1. The van der Waals surface area contributed by atoms with Crippen molar-refractivity contribution in [3.63, 3.8) is 0 Å². The minimum Gasteiger partial charge on any atom is -0.497 e. The Morgan fingerprint density at radius 1 is 0.567 bits per heavy atom. The second-order valence-corrected chi connectivity index (χ2v) is 17.3. The van der Waals surface area contributed by atoms with E-state index in [1.165, 1.54) is 50.4 Å². The molecule has 1 aliphatic heterocycles. The van der Waals surface area contributed by atoms with Crippen LogP contribution in [0.15, 0.2) is 230 Å². The molecule has 0 bridgehead atoms. The standard InChI is InChI=1S/C62H54N2O3/c1-3-12-59-58-17-10-11-18-60(58)64(61(59)62(65)67-43-44-13-6-4-7-14-44)56-39-29-50(30-40-56)49-25-35-54(36-26-49)63(55-37-27-51(28-38-55)52-31-41-57(66-2)42-32-52)53-33-23-48(24-34-53)47-21-19-46(20-22-47)45-15-8-5-9-16-45/h3-23,25,27-33,35,37-42,59,61H,24,26,34,36,43H2,1-2H3/b12-3-. The zero-order valence-corrected chi connectivity index (χ0v) is 38.1. The van der Waals surface area contributed by atoms with Crippen LogP contribution in [0.1, 0.15) is 60.8 Å². The molecule has 0 saturated carbocycles. The highest BCUT2D eigenvalue weighted by molar-refractivity contribution is 5.91. The summed E-state index contributed by atoms with van der Waals surface area (Å²) in [6, 6.07) is 63.2. The summed E-state index contributed by atoms with van der Waals surface area (Å²) in [5.74, 6) is 0.476. The van der Waals surface area contributed by atoms with Gasteiger partial charge >= 0.3 is 5.97 Å². The first-order valence-corrected chi connectivity index (χ1v) is 23.4. The molecule has 2 atom stereocenters. The van der Waals surface area contributed by atoms with Gasteiger partial charge in [-0.1, -0.05) is 164 Å². The summed E-state index contributed by atoms with van der Waals surface area (Å²) in [4.78, 5) is 18.7. The molecule has 5 heteroatoms. The lowest BCUT2D eigenvalue weighted by Crippen LogP contribution is -2.38. The SMILES string of the molecule is C/C=C\C1c2ccccc2N(c2ccc(C3=CC=C(N(C4=CC=C(c5ccc(-c6ccccc6)cc5)CC4)c4ccc(-c5ccc(OC)cc5)cc4)CC3)cc2)C1C(=O)OCc1ccccc1. The van der Waals surface area contributed by atoms with Gasteiger partial charge in [0, 0.05) is 34.4 Å². The topological polar surface area (TPSA) is 42.0 Å². The number of esters is 1. The maximum Gasteiger partial charge on any atom is 0.330 e. The summed E-state index contributed by atoms with van der Waals surface area (Å²) < 4.78 is 11.4. The number of ether oxygens (including phenoxy) is 2. The zero-order chi connectivity index (χ0) is 45.5. The van der Waals surface area contributed by atoms with Gasteiger partial charge in [-0.15, -0.1) is 0 Å². The number of methoxy groups -OCH3 is 1. The Morgan fingerprint density at radius 3 is 1.64 bits per heavy atom. The molecule has 7 aromatic rings. The Morgan fingerprint density at radius 2 is 1.07 bits per heavy atom. The molecule has 7 aromatic carbocycles. The van der Waals surface area contributed by atoms with Gasteiger partial charge in [-0.25, -0.2) is 4.79 Å². The molecule has 0 saturated heterocycles. The summed E-state index contributed by atoms with van der Waals surface area (Å²) in [5.41, 5.74) is 17.7. The molecule has 330 valence electrons. The van der Waals surface area contributed by atoms with Crippen molar-refractivity contribution in [2.24, 2.45) is 0 Å². The average molecular weight is 875 g/mol. The first kappa shape index (κ1) is 43.0. The van der Waals surface area contributed by atoms with Crippen molar-refractivity contribution in [1.82, 2.24) is 0 Å². The molecular formula is C62H54N2O3. The van der Waals surface area contributed by atoms with Crippen LogP contribution in [0.3, 0.4) is 0 Å². The quantitative estimate of drug-likeness (QED) is 0.0853. The Balaban J connectivity index is 0.929. The number of hydrogen-bond donors (Lipinski definition) is 0. The lowest BCUT2D eigenvalue weighted by atomic mass is 9.92. The fourth-order valence-corrected chi connectivity index (χ4v) is 9.80. The number of benzene rings is 7. The smallest absolute Gasteiger partial charge is 0.330 e. The van der Waals surface area contributed by atoms with E-state index in [0.717, 1.165) is 65.2 Å². The molecule has 0 fully saturated rings. The van der Waals surface area contributed by atoms with Crippen molar-refractivity contribution in [3.8, 4) is 28.0 Å². The zero-order valence-electron chi connectivity index (χ0n) is 38.1. The van der Waals surface area contributed by atoms with Crippen LogP contribution in [-0.2, 0) is 16.1 Å². The number of carbonyl (C=O) groups excluding carboxylic acids is 1. The van der Waals surface area contributed by atoms with Crippen molar-refractivity contribution in [1.29, 1.82) is 0 Å². The van der Waals surface area contributed by atoms with Crippen molar-refractivity contribution in [2.45, 2.75) is 51.2 Å². The molecule has 3 aliphatic rings. The fourth-order valence-electron chi connectivity index (χ4n) is 9.80. The Kier molecular flexibility index (Phi) is 12.6. The van der Waals surface area contributed by atoms with Gasteiger partial charge in [0.15, 0.2) is 0 Å².